The summed E-state index contributed by atoms with van der Waals surface area (Å²) in [5.74, 6) is 1.20. The van der Waals surface area contributed by atoms with Gasteiger partial charge in [0.2, 0.25) is 11.8 Å². The number of aromatic nitrogens is 1. The maximum atomic E-state index is 13.3. The average Bonchev–Trinajstić information content (AvgIpc) is 3.14. The molecule has 0 aliphatic heterocycles. The number of carbonyl (C=O) groups excluding carboxylic acids is 1. The Kier molecular flexibility index (Phi) is 5.52. The first-order valence-corrected chi connectivity index (χ1v) is 9.62. The van der Waals surface area contributed by atoms with E-state index in [4.69, 9.17) is 4.42 Å². The van der Waals surface area contributed by atoms with Crippen LogP contribution in [-0.2, 0) is 17.8 Å². The van der Waals surface area contributed by atoms with E-state index >= 15 is 0 Å². The zero-order valence-electron chi connectivity index (χ0n) is 16.3. The van der Waals surface area contributed by atoms with Gasteiger partial charge in [-0.25, -0.2) is 4.98 Å². The maximum absolute atomic E-state index is 13.3. The Bertz CT molecular complexity index is 1070. The van der Waals surface area contributed by atoms with Gasteiger partial charge in [0, 0.05) is 11.3 Å². The van der Waals surface area contributed by atoms with E-state index < -0.39 is 0 Å². The van der Waals surface area contributed by atoms with Gasteiger partial charge >= 0.3 is 0 Å². The fourth-order valence-corrected chi connectivity index (χ4v) is 3.23. The van der Waals surface area contributed by atoms with Crippen molar-refractivity contribution < 1.29 is 9.21 Å². The second-order valence-corrected chi connectivity index (χ2v) is 6.87. The molecule has 0 bridgehead atoms. The molecule has 4 nitrogen and oxygen atoms in total. The molecule has 4 aromatic rings. The highest BCUT2D eigenvalue weighted by Crippen LogP contribution is 2.23. The number of rotatable bonds is 6. The van der Waals surface area contributed by atoms with Crippen LogP contribution in [0.4, 0.5) is 5.69 Å². The van der Waals surface area contributed by atoms with Gasteiger partial charge in [0.05, 0.1) is 18.7 Å². The van der Waals surface area contributed by atoms with Crippen molar-refractivity contribution in [2.24, 2.45) is 0 Å². The number of anilines is 1. The molecule has 0 saturated heterocycles. The van der Waals surface area contributed by atoms with Crippen molar-refractivity contribution in [3.63, 3.8) is 0 Å². The highest BCUT2D eigenvalue weighted by atomic mass is 16.4. The maximum Gasteiger partial charge on any atom is 0.233 e. The fraction of sp³-hybridized carbons (Fsp3) is 0.120. The molecule has 3 aromatic carbocycles. The minimum absolute atomic E-state index is 0.0175. The molecule has 4 heteroatoms. The van der Waals surface area contributed by atoms with Crippen LogP contribution < -0.4 is 4.90 Å². The lowest BCUT2D eigenvalue weighted by Crippen LogP contribution is -2.32. The Balaban J connectivity index is 1.59. The fourth-order valence-electron chi connectivity index (χ4n) is 3.23. The standard InChI is InChI=1S/C25H22N2O2/c1-19-23(26-25(29-19)21-13-7-3-8-14-21)17-24(28)27(22-15-9-4-10-16-22)18-20-11-5-2-6-12-20/h2-16H,17-18H2,1H3. The topological polar surface area (TPSA) is 46.3 Å². The van der Waals surface area contributed by atoms with Gasteiger partial charge in [-0.2, -0.15) is 0 Å². The molecule has 0 radical (unpaired) electrons. The van der Waals surface area contributed by atoms with Gasteiger partial charge in [0.15, 0.2) is 0 Å². The molecule has 0 atom stereocenters. The van der Waals surface area contributed by atoms with E-state index in [2.05, 4.69) is 4.98 Å². The van der Waals surface area contributed by atoms with Gasteiger partial charge in [-0.05, 0) is 36.8 Å². The zero-order valence-corrected chi connectivity index (χ0v) is 16.3. The lowest BCUT2D eigenvalue weighted by molar-refractivity contribution is -0.118. The summed E-state index contributed by atoms with van der Waals surface area (Å²) >= 11 is 0. The predicted octanol–water partition coefficient (Wildman–Crippen LogP) is 5.43. The average molecular weight is 382 g/mol. The van der Waals surface area contributed by atoms with Crippen molar-refractivity contribution in [2.45, 2.75) is 19.9 Å². The molecule has 0 saturated carbocycles. The molecule has 0 fully saturated rings. The third kappa shape index (κ3) is 4.43. The smallest absolute Gasteiger partial charge is 0.233 e. The molecule has 1 amide bonds. The van der Waals surface area contributed by atoms with E-state index in [0.717, 1.165) is 16.8 Å². The molecule has 1 heterocycles. The molecule has 4 rings (SSSR count). The zero-order chi connectivity index (χ0) is 20.1. The monoisotopic (exact) mass is 382 g/mol. The van der Waals surface area contributed by atoms with E-state index in [1.807, 2.05) is 97.9 Å². The molecule has 0 aliphatic carbocycles. The number of carbonyl (C=O) groups is 1. The minimum Gasteiger partial charge on any atom is -0.441 e. The third-order valence-electron chi connectivity index (χ3n) is 4.78. The third-order valence-corrected chi connectivity index (χ3v) is 4.78. The molecule has 1 aromatic heterocycles. The van der Waals surface area contributed by atoms with E-state index in [9.17, 15) is 4.79 Å². The molecule has 144 valence electrons. The summed E-state index contributed by atoms with van der Waals surface area (Å²) in [6.07, 6.45) is 0.184. The Morgan fingerprint density at radius 1 is 0.862 bits per heavy atom. The quantitative estimate of drug-likeness (QED) is 0.447. The molecule has 0 N–H and O–H groups in total. The number of nitrogens with zero attached hydrogens (tertiary/aromatic N) is 2. The summed E-state index contributed by atoms with van der Waals surface area (Å²) in [5, 5.41) is 0. The van der Waals surface area contributed by atoms with Gasteiger partial charge in [0.25, 0.3) is 0 Å². The Morgan fingerprint density at radius 3 is 2.10 bits per heavy atom. The van der Waals surface area contributed by atoms with Gasteiger partial charge in [-0.15, -0.1) is 0 Å². The number of oxazole rings is 1. The van der Waals surface area contributed by atoms with Crippen LogP contribution in [0.2, 0.25) is 0 Å². The number of hydrogen-bond acceptors (Lipinski definition) is 3. The number of hydrogen-bond donors (Lipinski definition) is 0. The SMILES string of the molecule is Cc1oc(-c2ccccc2)nc1CC(=O)N(Cc1ccccc1)c1ccccc1. The van der Waals surface area contributed by atoms with E-state index in [0.29, 0.717) is 23.9 Å². The van der Waals surface area contributed by atoms with Crippen LogP contribution in [0.5, 0.6) is 0 Å². The van der Waals surface area contributed by atoms with E-state index in [1.165, 1.54) is 0 Å². The van der Waals surface area contributed by atoms with Crippen molar-refractivity contribution in [1.29, 1.82) is 0 Å². The summed E-state index contributed by atoms with van der Waals surface area (Å²) in [7, 11) is 0. The normalized spacial score (nSPS) is 10.7. The molecule has 0 unspecified atom stereocenters. The highest BCUT2D eigenvalue weighted by molar-refractivity contribution is 5.94. The van der Waals surface area contributed by atoms with Crippen LogP contribution in [0, 0.1) is 6.92 Å². The van der Waals surface area contributed by atoms with Gasteiger partial charge in [0.1, 0.15) is 5.76 Å². The van der Waals surface area contributed by atoms with Gasteiger partial charge in [-0.3, -0.25) is 4.79 Å². The minimum atomic E-state index is -0.0175. The van der Waals surface area contributed by atoms with Crippen molar-refractivity contribution in [3.05, 3.63) is 108 Å². The van der Waals surface area contributed by atoms with Crippen molar-refractivity contribution >= 4 is 11.6 Å². The van der Waals surface area contributed by atoms with Crippen LogP contribution >= 0.6 is 0 Å². The summed E-state index contributed by atoms with van der Waals surface area (Å²) < 4.78 is 5.82. The van der Waals surface area contributed by atoms with E-state index in [1.54, 1.807) is 4.90 Å². The first-order chi connectivity index (χ1) is 14.2. The lowest BCUT2D eigenvalue weighted by Gasteiger charge is -2.23. The van der Waals surface area contributed by atoms with Crippen molar-refractivity contribution in [1.82, 2.24) is 4.98 Å². The van der Waals surface area contributed by atoms with E-state index in [-0.39, 0.29) is 12.3 Å². The Hall–Kier alpha value is -3.66. The second-order valence-electron chi connectivity index (χ2n) is 6.87. The molecule has 0 spiro atoms. The van der Waals surface area contributed by atoms with Crippen molar-refractivity contribution in [2.75, 3.05) is 4.90 Å². The summed E-state index contributed by atoms with van der Waals surface area (Å²) in [6, 6.07) is 29.4. The summed E-state index contributed by atoms with van der Waals surface area (Å²) in [5.41, 5.74) is 3.51. The number of aryl methyl sites for hydroxylation is 1. The number of benzene rings is 3. The highest BCUT2D eigenvalue weighted by Gasteiger charge is 2.20. The van der Waals surface area contributed by atoms with Crippen LogP contribution in [0.3, 0.4) is 0 Å². The molecule has 0 aliphatic rings. The lowest BCUT2D eigenvalue weighted by atomic mass is 10.1. The molecular weight excluding hydrogens is 360 g/mol. The first-order valence-electron chi connectivity index (χ1n) is 9.62. The predicted molar refractivity (Wildman–Crippen MR) is 114 cm³/mol. The summed E-state index contributed by atoms with van der Waals surface area (Å²) in [6.45, 7) is 2.36. The Morgan fingerprint density at radius 2 is 1.45 bits per heavy atom. The summed E-state index contributed by atoms with van der Waals surface area (Å²) in [4.78, 5) is 19.6. The first kappa shape index (κ1) is 18.7. The van der Waals surface area contributed by atoms with Crippen molar-refractivity contribution in [3.8, 4) is 11.5 Å². The second kappa shape index (κ2) is 8.57. The molecule has 29 heavy (non-hydrogen) atoms. The van der Waals surface area contributed by atoms with Gasteiger partial charge in [-0.1, -0.05) is 66.7 Å². The largest absolute Gasteiger partial charge is 0.441 e. The number of para-hydroxylation sites is 1. The van der Waals surface area contributed by atoms with Crippen LogP contribution in [0.15, 0.2) is 95.4 Å². The van der Waals surface area contributed by atoms with Gasteiger partial charge < -0.3 is 9.32 Å². The van der Waals surface area contributed by atoms with Crippen LogP contribution in [0.25, 0.3) is 11.5 Å². The number of amides is 1. The van der Waals surface area contributed by atoms with Crippen LogP contribution in [-0.4, -0.2) is 10.9 Å². The Labute approximate surface area is 170 Å². The molecular formula is C25H22N2O2. The van der Waals surface area contributed by atoms with Crippen LogP contribution in [0.1, 0.15) is 17.0 Å².